The zero-order chi connectivity index (χ0) is 42.3. The molecular formula is C46H79NO9P+. The molecule has 0 saturated carbocycles. The van der Waals surface area contributed by atoms with Crippen molar-refractivity contribution in [3.8, 4) is 0 Å². The highest BCUT2D eigenvalue weighted by Gasteiger charge is 2.27. The summed E-state index contributed by atoms with van der Waals surface area (Å²) in [5.74, 6) is -1.03. The van der Waals surface area contributed by atoms with Crippen LogP contribution in [0.2, 0.25) is 0 Å². The van der Waals surface area contributed by atoms with Crippen LogP contribution in [0.15, 0.2) is 85.1 Å². The van der Waals surface area contributed by atoms with E-state index in [2.05, 4.69) is 74.6 Å². The summed E-state index contributed by atoms with van der Waals surface area (Å²) in [6, 6.07) is 0. The molecule has 0 aliphatic heterocycles. The second-order valence-corrected chi connectivity index (χ2v) is 16.6. The summed E-state index contributed by atoms with van der Waals surface area (Å²) in [5, 5.41) is 10.3. The normalized spacial score (nSPS) is 15.0. The number of allylic oxidation sites excluding steroid dienone is 13. The lowest BCUT2D eigenvalue weighted by molar-refractivity contribution is -0.870. The number of carbonyl (C=O) groups is 2. The Morgan fingerprint density at radius 2 is 1.21 bits per heavy atom. The van der Waals surface area contributed by atoms with Crippen molar-refractivity contribution in [3.63, 3.8) is 0 Å². The largest absolute Gasteiger partial charge is 0.472 e. The lowest BCUT2D eigenvalue weighted by Crippen LogP contribution is -2.37. The number of unbranched alkanes of at least 4 members (excludes halogenated alkanes) is 8. The van der Waals surface area contributed by atoms with Crippen LogP contribution in [0.5, 0.6) is 0 Å². The van der Waals surface area contributed by atoms with Gasteiger partial charge in [0, 0.05) is 12.8 Å². The van der Waals surface area contributed by atoms with Crippen LogP contribution in [-0.2, 0) is 32.7 Å². The smallest absolute Gasteiger partial charge is 0.462 e. The third kappa shape index (κ3) is 41.1. The Labute approximate surface area is 346 Å². The molecule has 0 aromatic carbocycles. The number of hydrogen-bond acceptors (Lipinski definition) is 8. The van der Waals surface area contributed by atoms with E-state index < -0.39 is 38.6 Å². The van der Waals surface area contributed by atoms with Gasteiger partial charge in [0.2, 0.25) is 0 Å². The summed E-state index contributed by atoms with van der Waals surface area (Å²) in [6.07, 6.45) is 43.8. The van der Waals surface area contributed by atoms with Crippen LogP contribution in [0.4, 0.5) is 0 Å². The average Bonchev–Trinajstić information content (AvgIpc) is 3.15. The van der Waals surface area contributed by atoms with E-state index in [1.165, 1.54) is 19.3 Å². The van der Waals surface area contributed by atoms with Crippen LogP contribution in [0.3, 0.4) is 0 Å². The minimum atomic E-state index is -4.43. The second kappa shape index (κ2) is 37.4. The number of aliphatic hydroxyl groups excluding tert-OH is 1. The predicted octanol–water partition coefficient (Wildman–Crippen LogP) is 11.0. The number of quaternary nitrogens is 1. The van der Waals surface area contributed by atoms with Crippen molar-refractivity contribution < 1.29 is 47.2 Å². The molecule has 57 heavy (non-hydrogen) atoms. The van der Waals surface area contributed by atoms with Crippen LogP contribution in [-0.4, -0.2) is 86.1 Å². The Bertz CT molecular complexity index is 1260. The van der Waals surface area contributed by atoms with Gasteiger partial charge in [0.1, 0.15) is 19.8 Å². The molecule has 2 unspecified atom stereocenters. The van der Waals surface area contributed by atoms with E-state index in [1.54, 1.807) is 12.2 Å². The predicted molar refractivity (Wildman–Crippen MR) is 235 cm³/mol. The van der Waals surface area contributed by atoms with Gasteiger partial charge in [-0.25, -0.2) is 4.57 Å². The number of rotatable bonds is 37. The number of esters is 2. The number of ether oxygens (including phenoxy) is 2. The summed E-state index contributed by atoms with van der Waals surface area (Å²) in [4.78, 5) is 35.3. The van der Waals surface area contributed by atoms with Gasteiger partial charge in [0.25, 0.3) is 0 Å². The molecule has 10 nitrogen and oxygen atoms in total. The van der Waals surface area contributed by atoms with Crippen molar-refractivity contribution in [2.45, 2.75) is 148 Å². The molecule has 3 atom stereocenters. The Morgan fingerprint density at radius 1 is 0.649 bits per heavy atom. The SMILES string of the molecule is CC/C=C\C/C=C\C/C=C\C/C=C\C=C\C(O)CCCC(=O)OC[C@H](COP(=O)(O)OCC[N+](C)(C)C)OC(=O)CCCCCCC/C=C\C/C=C\CCCCC. The van der Waals surface area contributed by atoms with E-state index >= 15 is 0 Å². The van der Waals surface area contributed by atoms with Crippen LogP contribution in [0, 0.1) is 0 Å². The molecular weight excluding hydrogens is 741 g/mol. The topological polar surface area (TPSA) is 129 Å². The van der Waals surface area contributed by atoms with Gasteiger partial charge in [-0.05, 0) is 77.0 Å². The fraction of sp³-hybridized carbons (Fsp3) is 0.652. The molecule has 0 amide bonds. The number of hydrogen-bond donors (Lipinski definition) is 2. The van der Waals surface area contributed by atoms with Crippen molar-refractivity contribution in [1.29, 1.82) is 0 Å². The van der Waals surface area contributed by atoms with Crippen LogP contribution < -0.4 is 0 Å². The van der Waals surface area contributed by atoms with Gasteiger partial charge in [0.15, 0.2) is 6.10 Å². The summed E-state index contributed by atoms with van der Waals surface area (Å²) in [6.45, 7) is 4.01. The van der Waals surface area contributed by atoms with Crippen molar-refractivity contribution in [2.24, 2.45) is 0 Å². The highest BCUT2D eigenvalue weighted by molar-refractivity contribution is 7.47. The first kappa shape index (κ1) is 54.2. The Balaban J connectivity index is 4.62. The number of phosphoric acid groups is 1. The molecule has 0 fully saturated rings. The van der Waals surface area contributed by atoms with E-state index in [0.29, 0.717) is 30.3 Å². The average molecular weight is 821 g/mol. The molecule has 326 valence electrons. The lowest BCUT2D eigenvalue weighted by atomic mass is 10.1. The third-order valence-corrected chi connectivity index (χ3v) is 9.50. The molecule has 2 N–H and O–H groups in total. The molecule has 0 saturated heterocycles. The maximum absolute atomic E-state index is 12.7. The molecule has 0 heterocycles. The standard InChI is InChI=1S/C46H78NO9P/c1-6-8-10-12-14-16-18-20-21-23-25-27-29-31-33-37-46(50)56-44(42-55-57(51,52)54-40-39-47(3,4)5)41-53-45(49)38-34-36-43(48)35-32-30-28-26-24-22-19-17-15-13-11-9-7-2/h9,11,14-17,20-22,24,28,30,32,35,43-44,48H,6-8,10,12-13,18-19,23,25-27,29,31,33-34,36-42H2,1-5H3/p+1/b11-9-,16-14-,17-15-,21-20-,24-22-,30-28-,35-32+/t43?,44-/m1/s1. The van der Waals surface area contributed by atoms with Gasteiger partial charge in [-0.15, -0.1) is 0 Å². The quantitative estimate of drug-likeness (QED) is 0.0157. The van der Waals surface area contributed by atoms with Crippen molar-refractivity contribution in [1.82, 2.24) is 0 Å². The first-order valence-corrected chi connectivity index (χ1v) is 22.9. The molecule has 0 rings (SSSR count). The molecule has 0 spiro atoms. The number of phosphoric ester groups is 1. The summed E-state index contributed by atoms with van der Waals surface area (Å²) in [7, 11) is 1.35. The Morgan fingerprint density at radius 3 is 1.84 bits per heavy atom. The fourth-order valence-electron chi connectivity index (χ4n) is 5.13. The van der Waals surface area contributed by atoms with Crippen molar-refractivity contribution in [3.05, 3.63) is 85.1 Å². The fourth-order valence-corrected chi connectivity index (χ4v) is 5.87. The van der Waals surface area contributed by atoms with E-state index in [1.807, 2.05) is 33.3 Å². The lowest BCUT2D eigenvalue weighted by Gasteiger charge is -2.24. The zero-order valence-electron chi connectivity index (χ0n) is 36.1. The highest BCUT2D eigenvalue weighted by Crippen LogP contribution is 2.43. The van der Waals surface area contributed by atoms with Gasteiger partial charge in [0.05, 0.1) is 33.9 Å². The van der Waals surface area contributed by atoms with Crippen LogP contribution >= 0.6 is 7.82 Å². The molecule has 0 radical (unpaired) electrons. The molecule has 0 aliphatic rings. The summed E-state index contributed by atoms with van der Waals surface area (Å²) < 4.78 is 34.1. The van der Waals surface area contributed by atoms with Crippen LogP contribution in [0.25, 0.3) is 0 Å². The maximum atomic E-state index is 12.7. The molecule has 0 aromatic rings. The second-order valence-electron chi connectivity index (χ2n) is 15.2. The minimum absolute atomic E-state index is 0.00593. The molecule has 0 aromatic heterocycles. The number of nitrogens with zero attached hydrogens (tertiary/aromatic N) is 1. The third-order valence-electron chi connectivity index (χ3n) is 8.51. The first-order valence-electron chi connectivity index (χ1n) is 21.4. The highest BCUT2D eigenvalue weighted by atomic mass is 31.2. The molecule has 0 aliphatic carbocycles. The van der Waals surface area contributed by atoms with E-state index in [-0.39, 0.29) is 26.1 Å². The van der Waals surface area contributed by atoms with E-state index in [4.69, 9.17) is 18.5 Å². The monoisotopic (exact) mass is 821 g/mol. The Kier molecular flexibility index (Phi) is 35.6. The van der Waals surface area contributed by atoms with Crippen molar-refractivity contribution in [2.75, 3.05) is 47.5 Å². The van der Waals surface area contributed by atoms with E-state index in [9.17, 15) is 24.2 Å². The zero-order valence-corrected chi connectivity index (χ0v) is 37.0. The summed E-state index contributed by atoms with van der Waals surface area (Å²) in [5.41, 5.74) is 0. The first-order chi connectivity index (χ1) is 27.4. The molecule has 0 bridgehead atoms. The van der Waals surface area contributed by atoms with Crippen molar-refractivity contribution >= 4 is 19.8 Å². The number of aliphatic hydroxyl groups is 1. The van der Waals surface area contributed by atoms with Gasteiger partial charge in [-0.3, -0.25) is 18.6 Å². The van der Waals surface area contributed by atoms with Gasteiger partial charge < -0.3 is 24.0 Å². The number of carbonyl (C=O) groups excluding carboxylic acids is 2. The minimum Gasteiger partial charge on any atom is -0.462 e. The maximum Gasteiger partial charge on any atom is 0.472 e. The van der Waals surface area contributed by atoms with E-state index in [0.717, 1.165) is 70.6 Å². The summed E-state index contributed by atoms with van der Waals surface area (Å²) >= 11 is 0. The van der Waals surface area contributed by atoms with Gasteiger partial charge in [-0.2, -0.15) is 0 Å². The Hall–Kier alpha value is -2.85. The molecule has 11 heteroatoms. The van der Waals surface area contributed by atoms with Crippen LogP contribution in [0.1, 0.15) is 136 Å². The number of likely N-dealkylation sites (N-methyl/N-ethyl adjacent to an activating group) is 1. The van der Waals surface area contributed by atoms with Gasteiger partial charge in [-0.1, -0.05) is 131 Å². The van der Waals surface area contributed by atoms with Gasteiger partial charge >= 0.3 is 19.8 Å².